The maximum atomic E-state index is 13.4. The summed E-state index contributed by atoms with van der Waals surface area (Å²) in [6, 6.07) is 16.9. The molecule has 3 heterocycles. The molecular formula is C23H18N4O2S. The SMILES string of the molecule is COc1ccc(C(=O)N2N=C(c3cccs3)CC2c2ccc3nccnc3c2)cc1. The lowest BCUT2D eigenvalue weighted by molar-refractivity contribution is 0.0711. The Labute approximate surface area is 177 Å². The Balaban J connectivity index is 1.54. The number of hydrazone groups is 1. The number of fused-ring (bicyclic) bond motifs is 1. The molecular weight excluding hydrogens is 396 g/mol. The van der Waals surface area contributed by atoms with Gasteiger partial charge in [0.1, 0.15) is 5.75 Å². The van der Waals surface area contributed by atoms with Gasteiger partial charge >= 0.3 is 0 Å². The fraction of sp³-hybridized carbons (Fsp3) is 0.130. The largest absolute Gasteiger partial charge is 0.497 e. The first-order valence-corrected chi connectivity index (χ1v) is 10.4. The lowest BCUT2D eigenvalue weighted by Gasteiger charge is -2.22. The van der Waals surface area contributed by atoms with Crippen LogP contribution in [0.5, 0.6) is 5.75 Å². The number of rotatable bonds is 4. The van der Waals surface area contributed by atoms with Crippen LogP contribution in [0.2, 0.25) is 0 Å². The van der Waals surface area contributed by atoms with Gasteiger partial charge < -0.3 is 4.74 Å². The number of hydrogen-bond donors (Lipinski definition) is 0. The highest BCUT2D eigenvalue weighted by molar-refractivity contribution is 7.12. The number of thiophene rings is 1. The van der Waals surface area contributed by atoms with E-state index in [2.05, 4.69) is 9.97 Å². The molecule has 148 valence electrons. The van der Waals surface area contributed by atoms with E-state index in [1.165, 1.54) is 0 Å². The number of carbonyl (C=O) groups excluding carboxylic acids is 1. The average molecular weight is 414 g/mol. The molecule has 0 N–H and O–H groups in total. The number of hydrogen-bond acceptors (Lipinski definition) is 6. The van der Waals surface area contributed by atoms with E-state index in [4.69, 9.17) is 9.84 Å². The van der Waals surface area contributed by atoms with Gasteiger partial charge in [-0.15, -0.1) is 11.3 Å². The van der Waals surface area contributed by atoms with Crippen LogP contribution in [0, 0.1) is 0 Å². The van der Waals surface area contributed by atoms with Crippen molar-refractivity contribution in [3.63, 3.8) is 0 Å². The minimum Gasteiger partial charge on any atom is -0.497 e. The number of amides is 1. The third kappa shape index (κ3) is 3.33. The number of carbonyl (C=O) groups is 1. The number of ether oxygens (including phenoxy) is 1. The van der Waals surface area contributed by atoms with Crippen LogP contribution in [0.1, 0.15) is 33.3 Å². The molecule has 1 unspecified atom stereocenters. The van der Waals surface area contributed by atoms with Crippen LogP contribution >= 0.6 is 11.3 Å². The van der Waals surface area contributed by atoms with Gasteiger partial charge in [0.05, 0.1) is 34.8 Å². The molecule has 1 amide bonds. The quantitative estimate of drug-likeness (QED) is 0.486. The van der Waals surface area contributed by atoms with Gasteiger partial charge in [0, 0.05) is 24.4 Å². The first-order chi connectivity index (χ1) is 14.7. The summed E-state index contributed by atoms with van der Waals surface area (Å²) in [6.45, 7) is 0. The summed E-state index contributed by atoms with van der Waals surface area (Å²) in [4.78, 5) is 23.2. The van der Waals surface area contributed by atoms with Crippen molar-refractivity contribution in [2.24, 2.45) is 5.10 Å². The molecule has 7 heteroatoms. The fourth-order valence-electron chi connectivity index (χ4n) is 3.60. The van der Waals surface area contributed by atoms with E-state index >= 15 is 0 Å². The molecule has 0 saturated heterocycles. The van der Waals surface area contributed by atoms with Crippen molar-refractivity contribution < 1.29 is 9.53 Å². The van der Waals surface area contributed by atoms with Gasteiger partial charge in [-0.3, -0.25) is 14.8 Å². The Morgan fingerprint density at radius 2 is 1.87 bits per heavy atom. The van der Waals surface area contributed by atoms with Gasteiger partial charge in [-0.25, -0.2) is 5.01 Å². The molecule has 5 rings (SSSR count). The van der Waals surface area contributed by atoms with Gasteiger partial charge in [-0.1, -0.05) is 12.1 Å². The molecule has 1 atom stereocenters. The molecule has 0 bridgehead atoms. The summed E-state index contributed by atoms with van der Waals surface area (Å²) in [6.07, 6.45) is 4.00. The maximum absolute atomic E-state index is 13.4. The standard InChI is InChI=1S/C23H18N4O2S/c1-29-17-7-4-15(5-8-17)23(28)27-21(14-20(26-27)22-3-2-12-30-22)16-6-9-18-19(13-16)25-11-10-24-18/h2-13,21H,14H2,1H3. The number of aromatic nitrogens is 2. The Hall–Kier alpha value is -3.58. The van der Waals surface area contributed by atoms with Crippen LogP contribution in [0.4, 0.5) is 0 Å². The molecule has 0 aliphatic carbocycles. The third-order valence-corrected chi connectivity index (χ3v) is 6.06. The number of benzene rings is 2. The van der Waals surface area contributed by atoms with Crippen LogP contribution < -0.4 is 4.74 Å². The topological polar surface area (TPSA) is 67.7 Å². The zero-order chi connectivity index (χ0) is 20.5. The van der Waals surface area contributed by atoms with Crippen LogP contribution in [-0.2, 0) is 0 Å². The van der Waals surface area contributed by atoms with Crippen LogP contribution in [-0.4, -0.2) is 33.7 Å². The molecule has 1 aliphatic rings. The van der Waals surface area contributed by atoms with E-state index < -0.39 is 0 Å². The second-order valence-corrected chi connectivity index (χ2v) is 7.87. The Morgan fingerprint density at radius 1 is 1.07 bits per heavy atom. The first-order valence-electron chi connectivity index (χ1n) is 9.52. The minimum absolute atomic E-state index is 0.145. The highest BCUT2D eigenvalue weighted by Gasteiger charge is 2.34. The van der Waals surface area contributed by atoms with Gasteiger partial charge in [-0.2, -0.15) is 5.10 Å². The molecule has 4 aromatic rings. The summed E-state index contributed by atoms with van der Waals surface area (Å²) < 4.78 is 5.21. The Morgan fingerprint density at radius 3 is 2.60 bits per heavy atom. The van der Waals surface area contributed by atoms with Gasteiger partial charge in [-0.05, 0) is 53.4 Å². The fourth-order valence-corrected chi connectivity index (χ4v) is 4.32. The number of nitrogens with zero attached hydrogens (tertiary/aromatic N) is 4. The molecule has 0 radical (unpaired) electrons. The lowest BCUT2D eigenvalue weighted by atomic mass is 10.00. The average Bonchev–Trinajstić information content (AvgIpc) is 3.48. The third-order valence-electron chi connectivity index (χ3n) is 5.14. The number of methoxy groups -OCH3 is 1. The molecule has 6 nitrogen and oxygen atoms in total. The summed E-state index contributed by atoms with van der Waals surface area (Å²) in [7, 11) is 1.60. The molecule has 2 aromatic carbocycles. The van der Waals surface area contributed by atoms with Crippen LogP contribution in [0.25, 0.3) is 11.0 Å². The Kier molecular flexibility index (Phi) is 4.72. The lowest BCUT2D eigenvalue weighted by Crippen LogP contribution is -2.27. The van der Waals surface area contributed by atoms with Crippen molar-refractivity contribution in [3.05, 3.63) is 88.4 Å². The predicted molar refractivity (Wildman–Crippen MR) is 117 cm³/mol. The summed E-state index contributed by atoms with van der Waals surface area (Å²) >= 11 is 1.63. The van der Waals surface area contributed by atoms with E-state index in [1.54, 1.807) is 60.1 Å². The molecule has 0 saturated carbocycles. The van der Waals surface area contributed by atoms with E-state index in [-0.39, 0.29) is 11.9 Å². The minimum atomic E-state index is -0.205. The second-order valence-electron chi connectivity index (χ2n) is 6.93. The van der Waals surface area contributed by atoms with Crippen molar-refractivity contribution >= 4 is 34.0 Å². The smallest absolute Gasteiger partial charge is 0.274 e. The van der Waals surface area contributed by atoms with Crippen molar-refractivity contribution in [2.45, 2.75) is 12.5 Å². The monoisotopic (exact) mass is 414 g/mol. The Bertz CT molecular complexity index is 1240. The van der Waals surface area contributed by atoms with Crippen LogP contribution in [0.3, 0.4) is 0 Å². The molecule has 0 fully saturated rings. The molecule has 2 aromatic heterocycles. The zero-order valence-electron chi connectivity index (χ0n) is 16.2. The van der Waals surface area contributed by atoms with Crippen molar-refractivity contribution in [2.75, 3.05) is 7.11 Å². The van der Waals surface area contributed by atoms with Crippen LogP contribution in [0.15, 0.2) is 77.5 Å². The molecule has 30 heavy (non-hydrogen) atoms. The van der Waals surface area contributed by atoms with E-state index in [9.17, 15) is 4.79 Å². The maximum Gasteiger partial charge on any atom is 0.274 e. The summed E-state index contributed by atoms with van der Waals surface area (Å²) in [5.41, 5.74) is 4.09. The van der Waals surface area contributed by atoms with Crippen molar-refractivity contribution in [1.82, 2.24) is 15.0 Å². The first kappa shape index (κ1) is 18.4. The van der Waals surface area contributed by atoms with Gasteiger partial charge in [0.2, 0.25) is 0 Å². The normalized spacial score (nSPS) is 16.0. The zero-order valence-corrected chi connectivity index (χ0v) is 17.0. The van der Waals surface area contributed by atoms with E-state index in [0.29, 0.717) is 17.7 Å². The van der Waals surface area contributed by atoms with Gasteiger partial charge in [0.15, 0.2) is 0 Å². The highest BCUT2D eigenvalue weighted by atomic mass is 32.1. The van der Waals surface area contributed by atoms with Gasteiger partial charge in [0.25, 0.3) is 5.91 Å². The second kappa shape index (κ2) is 7.68. The van der Waals surface area contributed by atoms with Crippen molar-refractivity contribution in [3.8, 4) is 5.75 Å². The highest BCUT2D eigenvalue weighted by Crippen LogP contribution is 2.35. The van der Waals surface area contributed by atoms with E-state index in [1.807, 2.05) is 35.7 Å². The summed E-state index contributed by atoms with van der Waals surface area (Å²) in [5.74, 6) is 0.564. The van der Waals surface area contributed by atoms with E-state index in [0.717, 1.165) is 27.2 Å². The van der Waals surface area contributed by atoms with Crippen molar-refractivity contribution in [1.29, 1.82) is 0 Å². The summed E-state index contributed by atoms with van der Waals surface area (Å²) in [5, 5.41) is 8.34. The predicted octanol–water partition coefficient (Wildman–Crippen LogP) is 4.69. The molecule has 1 aliphatic heterocycles. The molecule has 0 spiro atoms.